The summed E-state index contributed by atoms with van der Waals surface area (Å²) in [6, 6.07) is 9.32. The molecule has 8 heteroatoms. The third kappa shape index (κ3) is 9.14. The van der Waals surface area contributed by atoms with E-state index in [4.69, 9.17) is 0 Å². The molecule has 0 saturated carbocycles. The number of halogens is 1. The fraction of sp³-hybridized carbons (Fsp3) is 0.588. The van der Waals surface area contributed by atoms with Crippen LogP contribution in [0.5, 0.6) is 0 Å². The first-order chi connectivity index (χ1) is 11.6. The van der Waals surface area contributed by atoms with Crippen LogP contribution >= 0.6 is 35.7 Å². The van der Waals surface area contributed by atoms with Crippen LogP contribution in [0.4, 0.5) is 0 Å². The highest BCUT2D eigenvalue weighted by Gasteiger charge is 2.15. The van der Waals surface area contributed by atoms with Gasteiger partial charge in [-0.1, -0.05) is 30.3 Å². The van der Waals surface area contributed by atoms with Gasteiger partial charge in [0.05, 0.1) is 11.5 Å². The molecule has 1 heterocycles. The normalized spacial score (nSPS) is 17.8. The third-order valence-corrected chi connectivity index (χ3v) is 6.98. The molecule has 1 unspecified atom stereocenters. The smallest absolute Gasteiger partial charge is 0.191 e. The number of thioether (sulfide) groups is 1. The Morgan fingerprint density at radius 2 is 2.04 bits per heavy atom. The molecule has 1 atom stereocenters. The number of guanidine groups is 1. The van der Waals surface area contributed by atoms with Crippen molar-refractivity contribution in [2.45, 2.75) is 30.3 Å². The fourth-order valence-electron chi connectivity index (χ4n) is 2.64. The van der Waals surface area contributed by atoms with E-state index in [-0.39, 0.29) is 35.5 Å². The van der Waals surface area contributed by atoms with Gasteiger partial charge in [0.2, 0.25) is 0 Å². The van der Waals surface area contributed by atoms with Crippen molar-refractivity contribution in [2.75, 3.05) is 31.6 Å². The van der Waals surface area contributed by atoms with Gasteiger partial charge in [0.15, 0.2) is 15.8 Å². The van der Waals surface area contributed by atoms with Gasteiger partial charge >= 0.3 is 0 Å². The first-order valence-corrected chi connectivity index (χ1v) is 11.3. The second kappa shape index (κ2) is 12.0. The highest BCUT2D eigenvalue weighted by atomic mass is 127. The maximum atomic E-state index is 12.1. The van der Waals surface area contributed by atoms with E-state index in [1.54, 1.807) is 7.05 Å². The lowest BCUT2D eigenvalue weighted by Gasteiger charge is -2.14. The van der Waals surface area contributed by atoms with E-state index >= 15 is 0 Å². The summed E-state index contributed by atoms with van der Waals surface area (Å²) in [5.74, 6) is 2.30. The van der Waals surface area contributed by atoms with Crippen molar-refractivity contribution in [3.8, 4) is 0 Å². The number of hydrogen-bond acceptors (Lipinski definition) is 4. The molecule has 2 N–H and O–H groups in total. The molecule has 142 valence electrons. The summed E-state index contributed by atoms with van der Waals surface area (Å²) < 4.78 is 24.3. The predicted molar refractivity (Wildman–Crippen MR) is 119 cm³/mol. The second-order valence-corrected chi connectivity index (χ2v) is 9.54. The molecule has 1 saturated heterocycles. The van der Waals surface area contributed by atoms with Crippen molar-refractivity contribution in [1.82, 2.24) is 10.6 Å². The van der Waals surface area contributed by atoms with E-state index in [9.17, 15) is 8.42 Å². The molecular weight excluding hydrogens is 469 g/mol. The van der Waals surface area contributed by atoms with E-state index in [2.05, 4.69) is 15.6 Å². The maximum Gasteiger partial charge on any atom is 0.191 e. The average Bonchev–Trinajstić information content (AvgIpc) is 3.08. The molecule has 0 radical (unpaired) electrons. The molecule has 1 aliphatic heterocycles. The maximum absolute atomic E-state index is 12.1. The van der Waals surface area contributed by atoms with Gasteiger partial charge in [-0.2, -0.15) is 11.8 Å². The lowest BCUT2D eigenvalue weighted by Crippen LogP contribution is -2.40. The zero-order valence-corrected chi connectivity index (χ0v) is 18.6. The molecule has 1 aromatic carbocycles. The Kier molecular flexibility index (Phi) is 10.8. The quantitative estimate of drug-likeness (QED) is 0.250. The molecule has 0 amide bonds. The molecule has 0 bridgehead atoms. The van der Waals surface area contributed by atoms with Gasteiger partial charge in [0.1, 0.15) is 0 Å². The van der Waals surface area contributed by atoms with Crippen LogP contribution in [-0.4, -0.2) is 51.3 Å². The summed E-state index contributed by atoms with van der Waals surface area (Å²) in [5.41, 5.74) is 0.844. The summed E-state index contributed by atoms with van der Waals surface area (Å²) >= 11 is 2.00. The van der Waals surface area contributed by atoms with Gasteiger partial charge in [0, 0.05) is 25.4 Å². The highest BCUT2D eigenvalue weighted by molar-refractivity contribution is 14.0. The SMILES string of the molecule is CN=C(NCCCS(=O)(=O)Cc1ccccc1)NCC1CCCS1.I. The number of rotatable bonds is 8. The molecule has 1 fully saturated rings. The topological polar surface area (TPSA) is 70.6 Å². The van der Waals surface area contributed by atoms with Gasteiger partial charge in [0.25, 0.3) is 0 Å². The van der Waals surface area contributed by atoms with Crippen LogP contribution in [0.25, 0.3) is 0 Å². The average molecular weight is 497 g/mol. The minimum absolute atomic E-state index is 0. The van der Waals surface area contributed by atoms with Crippen LogP contribution in [0.15, 0.2) is 35.3 Å². The van der Waals surface area contributed by atoms with Crippen LogP contribution in [0.2, 0.25) is 0 Å². The molecule has 1 aromatic rings. The lowest BCUT2D eigenvalue weighted by molar-refractivity contribution is 0.591. The van der Waals surface area contributed by atoms with Crippen molar-refractivity contribution in [3.05, 3.63) is 35.9 Å². The Hall–Kier alpha value is -0.480. The number of nitrogens with zero attached hydrogens (tertiary/aromatic N) is 1. The number of nitrogens with one attached hydrogen (secondary N) is 2. The second-order valence-electron chi connectivity index (χ2n) is 5.95. The summed E-state index contributed by atoms with van der Waals surface area (Å²) in [6.45, 7) is 1.52. The van der Waals surface area contributed by atoms with Crippen molar-refractivity contribution in [3.63, 3.8) is 0 Å². The van der Waals surface area contributed by atoms with Crippen LogP contribution in [0.1, 0.15) is 24.8 Å². The van der Waals surface area contributed by atoms with Gasteiger partial charge in [-0.15, -0.1) is 24.0 Å². The number of aliphatic imine (C=N–C) groups is 1. The van der Waals surface area contributed by atoms with Crippen molar-refractivity contribution < 1.29 is 8.42 Å². The minimum Gasteiger partial charge on any atom is -0.356 e. The molecular formula is C17H28IN3O2S2. The Bertz CT molecular complexity index is 618. The van der Waals surface area contributed by atoms with Crippen LogP contribution < -0.4 is 10.6 Å². The Morgan fingerprint density at radius 3 is 2.68 bits per heavy atom. The fourth-order valence-corrected chi connectivity index (χ4v) is 5.27. The number of hydrogen-bond donors (Lipinski definition) is 2. The van der Waals surface area contributed by atoms with E-state index in [0.717, 1.165) is 18.1 Å². The molecule has 25 heavy (non-hydrogen) atoms. The Labute approximate surface area is 172 Å². The molecule has 0 aromatic heterocycles. The molecule has 1 aliphatic rings. The van der Waals surface area contributed by atoms with E-state index in [1.807, 2.05) is 42.1 Å². The summed E-state index contributed by atoms with van der Waals surface area (Å²) in [7, 11) is -1.33. The van der Waals surface area contributed by atoms with Gasteiger partial charge in [-0.05, 0) is 30.6 Å². The molecule has 0 spiro atoms. The van der Waals surface area contributed by atoms with Gasteiger partial charge < -0.3 is 10.6 Å². The summed E-state index contributed by atoms with van der Waals surface area (Å²) in [5, 5.41) is 7.17. The van der Waals surface area contributed by atoms with E-state index in [1.165, 1.54) is 18.6 Å². The lowest BCUT2D eigenvalue weighted by atomic mass is 10.2. The van der Waals surface area contributed by atoms with E-state index in [0.29, 0.717) is 18.2 Å². The first-order valence-electron chi connectivity index (χ1n) is 8.39. The molecule has 2 rings (SSSR count). The molecule has 0 aliphatic carbocycles. The van der Waals surface area contributed by atoms with Crippen molar-refractivity contribution in [2.24, 2.45) is 4.99 Å². The van der Waals surface area contributed by atoms with Crippen LogP contribution in [-0.2, 0) is 15.6 Å². The largest absolute Gasteiger partial charge is 0.356 e. The van der Waals surface area contributed by atoms with Gasteiger partial charge in [-0.3, -0.25) is 4.99 Å². The number of benzene rings is 1. The van der Waals surface area contributed by atoms with Crippen LogP contribution in [0.3, 0.4) is 0 Å². The van der Waals surface area contributed by atoms with E-state index < -0.39 is 9.84 Å². The Balaban J connectivity index is 0.00000312. The summed E-state index contributed by atoms with van der Waals surface area (Å²) in [6.07, 6.45) is 3.13. The predicted octanol–water partition coefficient (Wildman–Crippen LogP) is 2.67. The monoisotopic (exact) mass is 497 g/mol. The zero-order chi connectivity index (χ0) is 17.3. The van der Waals surface area contributed by atoms with Crippen molar-refractivity contribution >= 4 is 51.5 Å². The van der Waals surface area contributed by atoms with Crippen molar-refractivity contribution in [1.29, 1.82) is 0 Å². The third-order valence-electron chi connectivity index (χ3n) is 3.90. The minimum atomic E-state index is -3.07. The summed E-state index contributed by atoms with van der Waals surface area (Å²) in [4.78, 5) is 4.19. The highest BCUT2D eigenvalue weighted by Crippen LogP contribution is 2.25. The van der Waals surface area contributed by atoms with Gasteiger partial charge in [-0.25, -0.2) is 8.42 Å². The first kappa shape index (κ1) is 22.6. The standard InChI is InChI=1S/C17H27N3O2S2.HI/c1-18-17(20-13-16-9-5-11-23-16)19-10-6-12-24(21,22)14-15-7-3-2-4-8-15;/h2-4,7-8,16H,5-6,9-14H2,1H3,(H2,18,19,20);1H. The Morgan fingerprint density at radius 1 is 1.28 bits per heavy atom. The zero-order valence-electron chi connectivity index (χ0n) is 14.6. The number of sulfone groups is 1. The van der Waals surface area contributed by atoms with Crippen LogP contribution in [0, 0.1) is 0 Å². The molecule has 5 nitrogen and oxygen atoms in total.